The SMILES string of the molecule is Cc1nccc(N[C@H]2C[C@@H]2C(F)F)n1. The highest BCUT2D eigenvalue weighted by Crippen LogP contribution is 2.38. The molecule has 1 N–H and O–H groups in total. The molecule has 76 valence electrons. The van der Waals surface area contributed by atoms with Gasteiger partial charge in [-0.05, 0) is 19.4 Å². The highest BCUT2D eigenvalue weighted by molar-refractivity contribution is 5.36. The molecule has 1 aliphatic carbocycles. The van der Waals surface area contributed by atoms with Crippen molar-refractivity contribution in [3.63, 3.8) is 0 Å². The number of hydrogen-bond acceptors (Lipinski definition) is 3. The lowest BCUT2D eigenvalue weighted by Crippen LogP contribution is -2.10. The number of halogens is 2. The average Bonchev–Trinajstić information content (AvgIpc) is 2.84. The van der Waals surface area contributed by atoms with E-state index in [1.54, 1.807) is 19.2 Å². The molecule has 2 rings (SSSR count). The predicted octanol–water partition coefficient (Wildman–Crippen LogP) is 1.85. The van der Waals surface area contributed by atoms with E-state index in [2.05, 4.69) is 15.3 Å². The maximum atomic E-state index is 12.2. The molecule has 0 amide bonds. The summed E-state index contributed by atoms with van der Waals surface area (Å²) in [5, 5.41) is 2.96. The van der Waals surface area contributed by atoms with Crippen LogP contribution in [0.5, 0.6) is 0 Å². The van der Waals surface area contributed by atoms with Gasteiger partial charge in [0, 0.05) is 18.2 Å². The van der Waals surface area contributed by atoms with Crippen molar-refractivity contribution in [2.75, 3.05) is 5.32 Å². The van der Waals surface area contributed by atoms with E-state index in [0.29, 0.717) is 18.1 Å². The largest absolute Gasteiger partial charge is 0.367 e. The Kier molecular flexibility index (Phi) is 2.31. The minimum absolute atomic E-state index is 0.121. The van der Waals surface area contributed by atoms with Gasteiger partial charge in [0.25, 0.3) is 0 Å². The molecule has 5 heteroatoms. The Morgan fingerprint density at radius 1 is 1.57 bits per heavy atom. The number of anilines is 1. The van der Waals surface area contributed by atoms with E-state index in [9.17, 15) is 8.78 Å². The van der Waals surface area contributed by atoms with Crippen LogP contribution in [0, 0.1) is 12.8 Å². The monoisotopic (exact) mass is 199 g/mol. The van der Waals surface area contributed by atoms with Crippen LogP contribution < -0.4 is 5.32 Å². The van der Waals surface area contributed by atoms with Crippen LogP contribution >= 0.6 is 0 Å². The zero-order chi connectivity index (χ0) is 10.1. The molecule has 14 heavy (non-hydrogen) atoms. The van der Waals surface area contributed by atoms with Crippen molar-refractivity contribution < 1.29 is 8.78 Å². The molecule has 0 aliphatic heterocycles. The summed E-state index contributed by atoms with van der Waals surface area (Å²) >= 11 is 0. The topological polar surface area (TPSA) is 37.8 Å². The highest BCUT2D eigenvalue weighted by atomic mass is 19.3. The van der Waals surface area contributed by atoms with Crippen molar-refractivity contribution in [1.82, 2.24) is 9.97 Å². The van der Waals surface area contributed by atoms with Crippen LogP contribution in [0.2, 0.25) is 0 Å². The first-order valence-corrected chi connectivity index (χ1v) is 4.51. The third-order valence-electron chi connectivity index (χ3n) is 2.27. The van der Waals surface area contributed by atoms with Gasteiger partial charge in [-0.3, -0.25) is 0 Å². The van der Waals surface area contributed by atoms with E-state index < -0.39 is 12.3 Å². The normalized spacial score (nSPS) is 25.1. The Balaban J connectivity index is 1.93. The second kappa shape index (κ2) is 3.48. The van der Waals surface area contributed by atoms with Crippen LogP contribution in [0.15, 0.2) is 12.3 Å². The molecule has 1 saturated carbocycles. The summed E-state index contributed by atoms with van der Waals surface area (Å²) in [6, 6.07) is 1.57. The second-order valence-electron chi connectivity index (χ2n) is 3.47. The van der Waals surface area contributed by atoms with Crippen molar-refractivity contribution in [3.8, 4) is 0 Å². The number of nitrogens with one attached hydrogen (secondary N) is 1. The van der Waals surface area contributed by atoms with Crippen LogP contribution in [0.1, 0.15) is 12.2 Å². The Morgan fingerprint density at radius 2 is 2.36 bits per heavy atom. The zero-order valence-electron chi connectivity index (χ0n) is 7.74. The number of nitrogens with zero attached hydrogens (tertiary/aromatic N) is 2. The Hall–Kier alpha value is -1.26. The van der Waals surface area contributed by atoms with Gasteiger partial charge in [0.1, 0.15) is 11.6 Å². The molecule has 1 aromatic rings. The van der Waals surface area contributed by atoms with Gasteiger partial charge in [-0.15, -0.1) is 0 Å². The van der Waals surface area contributed by atoms with Crippen LogP contribution in [-0.2, 0) is 0 Å². The Labute approximate surface area is 80.6 Å². The van der Waals surface area contributed by atoms with E-state index in [-0.39, 0.29) is 6.04 Å². The molecular weight excluding hydrogens is 188 g/mol. The smallest absolute Gasteiger partial charge is 0.243 e. The molecule has 0 spiro atoms. The van der Waals surface area contributed by atoms with Gasteiger partial charge in [-0.2, -0.15) is 0 Å². The van der Waals surface area contributed by atoms with Crippen molar-refractivity contribution in [2.45, 2.75) is 25.8 Å². The van der Waals surface area contributed by atoms with Crippen LogP contribution in [0.4, 0.5) is 14.6 Å². The minimum atomic E-state index is -2.23. The van der Waals surface area contributed by atoms with Gasteiger partial charge in [-0.25, -0.2) is 18.7 Å². The molecule has 0 saturated heterocycles. The highest BCUT2D eigenvalue weighted by Gasteiger charge is 2.44. The lowest BCUT2D eigenvalue weighted by molar-refractivity contribution is 0.121. The number of aryl methyl sites for hydroxylation is 1. The van der Waals surface area contributed by atoms with Crippen LogP contribution in [0.3, 0.4) is 0 Å². The predicted molar refractivity (Wildman–Crippen MR) is 48.3 cm³/mol. The number of aromatic nitrogens is 2. The lowest BCUT2D eigenvalue weighted by Gasteiger charge is -2.04. The van der Waals surface area contributed by atoms with Gasteiger partial charge in [0.2, 0.25) is 6.43 Å². The zero-order valence-corrected chi connectivity index (χ0v) is 7.74. The van der Waals surface area contributed by atoms with Crippen molar-refractivity contribution in [2.24, 2.45) is 5.92 Å². The van der Waals surface area contributed by atoms with E-state index in [4.69, 9.17) is 0 Å². The van der Waals surface area contributed by atoms with Gasteiger partial charge in [-0.1, -0.05) is 0 Å². The van der Waals surface area contributed by atoms with Gasteiger partial charge >= 0.3 is 0 Å². The third-order valence-corrected chi connectivity index (χ3v) is 2.27. The lowest BCUT2D eigenvalue weighted by atomic mass is 10.4. The van der Waals surface area contributed by atoms with Gasteiger partial charge in [0.15, 0.2) is 0 Å². The number of rotatable bonds is 3. The van der Waals surface area contributed by atoms with E-state index in [1.807, 2.05) is 0 Å². The summed E-state index contributed by atoms with van der Waals surface area (Å²) in [4.78, 5) is 8.00. The maximum Gasteiger partial charge on any atom is 0.243 e. The summed E-state index contributed by atoms with van der Waals surface area (Å²) in [7, 11) is 0. The van der Waals surface area contributed by atoms with Crippen molar-refractivity contribution >= 4 is 5.82 Å². The fraction of sp³-hybridized carbons (Fsp3) is 0.556. The molecule has 2 atom stereocenters. The molecule has 0 aromatic carbocycles. The fourth-order valence-corrected chi connectivity index (χ4v) is 1.39. The molecule has 1 heterocycles. The number of alkyl halides is 2. The van der Waals surface area contributed by atoms with Crippen molar-refractivity contribution in [3.05, 3.63) is 18.1 Å². The van der Waals surface area contributed by atoms with E-state index >= 15 is 0 Å². The summed E-state index contributed by atoms with van der Waals surface area (Å²) in [6.07, 6.45) is -0.0825. The molecular formula is C9H11F2N3. The molecule has 1 fully saturated rings. The third kappa shape index (κ3) is 1.97. The second-order valence-corrected chi connectivity index (χ2v) is 3.47. The average molecular weight is 199 g/mol. The van der Waals surface area contributed by atoms with E-state index in [0.717, 1.165) is 0 Å². The fourth-order valence-electron chi connectivity index (χ4n) is 1.39. The molecule has 1 aromatic heterocycles. The first kappa shape index (κ1) is 9.30. The summed E-state index contributed by atoms with van der Waals surface area (Å²) in [5.74, 6) is 0.764. The molecule has 0 unspecified atom stereocenters. The first-order valence-electron chi connectivity index (χ1n) is 4.51. The van der Waals surface area contributed by atoms with Crippen molar-refractivity contribution in [1.29, 1.82) is 0 Å². The molecule has 0 radical (unpaired) electrons. The standard InChI is InChI=1S/C9H11F2N3/c1-5-12-3-2-8(13-5)14-7-4-6(7)9(10)11/h2-3,6-7,9H,4H2,1H3,(H,12,13,14)/t6-,7-/m0/s1. The molecule has 1 aliphatic rings. The summed E-state index contributed by atoms with van der Waals surface area (Å²) < 4.78 is 24.4. The van der Waals surface area contributed by atoms with E-state index in [1.165, 1.54) is 0 Å². The number of hydrogen-bond donors (Lipinski definition) is 1. The summed E-state index contributed by atoms with van der Waals surface area (Å²) in [5.41, 5.74) is 0. The summed E-state index contributed by atoms with van der Waals surface area (Å²) in [6.45, 7) is 1.77. The maximum absolute atomic E-state index is 12.2. The van der Waals surface area contributed by atoms with Gasteiger partial charge < -0.3 is 5.32 Å². The first-order chi connectivity index (χ1) is 6.66. The van der Waals surface area contributed by atoms with Crippen LogP contribution in [0.25, 0.3) is 0 Å². The van der Waals surface area contributed by atoms with Crippen LogP contribution in [-0.4, -0.2) is 22.4 Å². The molecule has 3 nitrogen and oxygen atoms in total. The Morgan fingerprint density at radius 3 is 2.93 bits per heavy atom. The van der Waals surface area contributed by atoms with Gasteiger partial charge in [0.05, 0.1) is 0 Å². The quantitative estimate of drug-likeness (QED) is 0.807. The molecule has 0 bridgehead atoms. The minimum Gasteiger partial charge on any atom is -0.367 e. The Bertz CT molecular complexity index is 330.